The van der Waals surface area contributed by atoms with E-state index in [1.165, 1.54) is 18.7 Å². The molecule has 150 valence electrons. The van der Waals surface area contributed by atoms with E-state index in [4.69, 9.17) is 0 Å². The fraction of sp³-hybridized carbons (Fsp3) is 0.476. The van der Waals surface area contributed by atoms with Crippen LogP contribution < -0.4 is 21.5 Å². The maximum absolute atomic E-state index is 12.8. The van der Waals surface area contributed by atoms with E-state index in [9.17, 15) is 14.4 Å². The van der Waals surface area contributed by atoms with Crippen LogP contribution in [0.4, 0.5) is 11.5 Å². The van der Waals surface area contributed by atoms with Gasteiger partial charge in [0, 0.05) is 38.4 Å². The molecular weight excluding hydrogens is 356 g/mol. The van der Waals surface area contributed by atoms with E-state index in [-0.39, 0.29) is 23.1 Å². The Morgan fingerprint density at radius 3 is 2.54 bits per heavy atom. The molecule has 1 saturated heterocycles. The average Bonchev–Trinajstić information content (AvgIpc) is 2.72. The van der Waals surface area contributed by atoms with Crippen molar-refractivity contribution in [2.45, 2.75) is 39.7 Å². The van der Waals surface area contributed by atoms with E-state index in [0.717, 1.165) is 36.1 Å². The molecule has 1 aromatic heterocycles. The molecule has 7 heteroatoms. The van der Waals surface area contributed by atoms with Crippen LogP contribution in [-0.4, -0.2) is 28.1 Å². The zero-order chi connectivity index (χ0) is 20.3. The van der Waals surface area contributed by atoms with Crippen LogP contribution in [-0.2, 0) is 24.8 Å². The Balaban J connectivity index is 1.77. The van der Waals surface area contributed by atoms with Crippen molar-refractivity contribution in [2.75, 3.05) is 23.3 Å². The van der Waals surface area contributed by atoms with Gasteiger partial charge < -0.3 is 10.2 Å². The molecule has 1 N–H and O–H groups in total. The van der Waals surface area contributed by atoms with Crippen LogP contribution in [0.2, 0.25) is 0 Å². The molecule has 0 saturated carbocycles. The lowest BCUT2D eigenvalue weighted by molar-refractivity contribution is -0.120. The number of hydrogen-bond donors (Lipinski definition) is 1. The molecule has 0 aliphatic carbocycles. The average molecular weight is 384 g/mol. The lowest BCUT2D eigenvalue weighted by Crippen LogP contribution is -2.46. The number of anilines is 2. The van der Waals surface area contributed by atoms with E-state index < -0.39 is 0 Å². The fourth-order valence-electron chi connectivity index (χ4n) is 3.69. The summed E-state index contributed by atoms with van der Waals surface area (Å²) in [5.41, 5.74) is 1.36. The van der Waals surface area contributed by atoms with Gasteiger partial charge in [-0.15, -0.1) is 0 Å². The van der Waals surface area contributed by atoms with Crippen molar-refractivity contribution in [3.05, 3.63) is 56.7 Å². The van der Waals surface area contributed by atoms with Crippen molar-refractivity contribution in [3.8, 4) is 0 Å². The Kier molecular flexibility index (Phi) is 6.02. The summed E-state index contributed by atoms with van der Waals surface area (Å²) >= 11 is 0. The Morgan fingerprint density at radius 2 is 1.89 bits per heavy atom. The number of amides is 1. The van der Waals surface area contributed by atoms with Crippen molar-refractivity contribution in [2.24, 2.45) is 13.0 Å². The van der Waals surface area contributed by atoms with Gasteiger partial charge in [0.05, 0.1) is 5.92 Å². The fourth-order valence-corrected chi connectivity index (χ4v) is 3.69. The third kappa shape index (κ3) is 4.03. The number of hydrogen-bond acceptors (Lipinski definition) is 4. The van der Waals surface area contributed by atoms with E-state index >= 15 is 0 Å². The molecule has 2 aromatic rings. The molecule has 1 fully saturated rings. The lowest BCUT2D eigenvalue weighted by Gasteiger charge is -2.34. The zero-order valence-corrected chi connectivity index (χ0v) is 16.8. The number of benzene rings is 1. The van der Waals surface area contributed by atoms with Crippen molar-refractivity contribution >= 4 is 17.4 Å². The van der Waals surface area contributed by atoms with Crippen LogP contribution in [0, 0.1) is 5.92 Å². The Bertz CT molecular complexity index is 959. The molecule has 1 amide bonds. The summed E-state index contributed by atoms with van der Waals surface area (Å²) in [6, 6.07) is 9.37. The summed E-state index contributed by atoms with van der Waals surface area (Å²) in [6.07, 6.45) is 2.58. The molecule has 0 bridgehead atoms. The van der Waals surface area contributed by atoms with E-state index in [2.05, 4.69) is 12.2 Å². The van der Waals surface area contributed by atoms with Crippen molar-refractivity contribution < 1.29 is 4.79 Å². The molecule has 1 aliphatic rings. The maximum Gasteiger partial charge on any atom is 0.332 e. The minimum atomic E-state index is -0.327. The van der Waals surface area contributed by atoms with Crippen molar-refractivity contribution in [1.82, 2.24) is 9.13 Å². The number of nitrogens with one attached hydrogen (secondary N) is 1. The van der Waals surface area contributed by atoms with Gasteiger partial charge in [-0.3, -0.25) is 18.7 Å². The van der Waals surface area contributed by atoms with Crippen LogP contribution in [0.15, 0.2) is 39.9 Å². The first kappa shape index (κ1) is 19.9. The summed E-state index contributed by atoms with van der Waals surface area (Å²) < 4.78 is 2.70. The molecule has 1 aliphatic heterocycles. The number of nitrogens with zero attached hydrogens (tertiary/aromatic N) is 3. The van der Waals surface area contributed by atoms with Gasteiger partial charge in [-0.2, -0.15) is 0 Å². The largest absolute Gasteiger partial charge is 0.357 e. The second-order valence-electron chi connectivity index (χ2n) is 7.25. The topological polar surface area (TPSA) is 76.3 Å². The summed E-state index contributed by atoms with van der Waals surface area (Å²) in [7, 11) is 1.48. The normalized spacial score (nSPS) is 16.8. The first-order valence-electron chi connectivity index (χ1n) is 9.90. The highest BCUT2D eigenvalue weighted by Crippen LogP contribution is 2.23. The summed E-state index contributed by atoms with van der Waals surface area (Å²) in [4.78, 5) is 39.3. The molecule has 3 rings (SSSR count). The Labute approximate surface area is 164 Å². The van der Waals surface area contributed by atoms with Gasteiger partial charge in [0.25, 0.3) is 5.56 Å². The van der Waals surface area contributed by atoms with E-state index in [0.29, 0.717) is 18.9 Å². The molecule has 0 spiro atoms. The second-order valence-corrected chi connectivity index (χ2v) is 7.25. The van der Waals surface area contributed by atoms with Gasteiger partial charge in [-0.25, -0.2) is 4.79 Å². The SMILES string of the molecule is CCc1ccc(NC(=O)C2CCCN(c3cc(=O)n(C)c(=O)n3CC)C2)cc1. The first-order valence-corrected chi connectivity index (χ1v) is 9.90. The third-order valence-corrected chi connectivity index (χ3v) is 5.44. The van der Waals surface area contributed by atoms with Crippen LogP contribution in [0.3, 0.4) is 0 Å². The molecule has 0 radical (unpaired) electrons. The predicted molar refractivity (Wildman–Crippen MR) is 111 cm³/mol. The molecule has 1 atom stereocenters. The standard InChI is InChI=1S/C21H28N4O3/c1-4-15-8-10-17(11-9-15)22-20(27)16-7-6-12-24(14-16)18-13-19(26)23(3)21(28)25(18)5-2/h8-11,13,16H,4-7,12,14H2,1-3H3,(H,22,27). The van der Waals surface area contributed by atoms with Gasteiger partial charge in [0.1, 0.15) is 5.82 Å². The summed E-state index contributed by atoms with van der Waals surface area (Å²) in [6.45, 7) is 5.66. The first-order chi connectivity index (χ1) is 13.4. The van der Waals surface area contributed by atoms with Crippen LogP contribution in [0.25, 0.3) is 0 Å². The minimum absolute atomic E-state index is 0.0248. The molecule has 2 heterocycles. The smallest absolute Gasteiger partial charge is 0.332 e. The summed E-state index contributed by atoms with van der Waals surface area (Å²) in [5.74, 6) is 0.382. The molecule has 7 nitrogen and oxygen atoms in total. The van der Waals surface area contributed by atoms with Gasteiger partial charge in [0.15, 0.2) is 0 Å². The van der Waals surface area contributed by atoms with Gasteiger partial charge in [-0.05, 0) is 43.9 Å². The van der Waals surface area contributed by atoms with E-state index in [1.807, 2.05) is 36.1 Å². The quantitative estimate of drug-likeness (QED) is 0.855. The second kappa shape index (κ2) is 8.46. The minimum Gasteiger partial charge on any atom is -0.357 e. The number of piperidine rings is 1. The maximum atomic E-state index is 12.8. The number of aromatic nitrogens is 2. The van der Waals surface area contributed by atoms with Crippen LogP contribution in [0.5, 0.6) is 0 Å². The van der Waals surface area contributed by atoms with Crippen molar-refractivity contribution in [3.63, 3.8) is 0 Å². The predicted octanol–water partition coefficient (Wildman–Crippen LogP) is 1.98. The van der Waals surface area contributed by atoms with Crippen LogP contribution in [0.1, 0.15) is 32.3 Å². The highest BCUT2D eigenvalue weighted by molar-refractivity contribution is 5.93. The highest BCUT2D eigenvalue weighted by atomic mass is 16.2. The lowest BCUT2D eigenvalue weighted by atomic mass is 9.97. The number of aryl methyl sites for hydroxylation is 1. The Hall–Kier alpha value is -2.83. The third-order valence-electron chi connectivity index (χ3n) is 5.44. The van der Waals surface area contributed by atoms with Gasteiger partial charge >= 0.3 is 5.69 Å². The Morgan fingerprint density at radius 1 is 1.18 bits per heavy atom. The molecule has 1 aromatic carbocycles. The highest BCUT2D eigenvalue weighted by Gasteiger charge is 2.28. The molecule has 28 heavy (non-hydrogen) atoms. The van der Waals surface area contributed by atoms with Crippen LogP contribution >= 0.6 is 0 Å². The van der Waals surface area contributed by atoms with E-state index in [1.54, 1.807) is 4.57 Å². The number of carbonyl (C=O) groups excluding carboxylic acids is 1. The number of rotatable bonds is 5. The molecular formula is C21H28N4O3. The number of carbonyl (C=O) groups is 1. The van der Waals surface area contributed by atoms with Gasteiger partial charge in [-0.1, -0.05) is 19.1 Å². The van der Waals surface area contributed by atoms with Crippen molar-refractivity contribution in [1.29, 1.82) is 0 Å². The van der Waals surface area contributed by atoms with Gasteiger partial charge in [0.2, 0.25) is 5.91 Å². The molecule has 1 unspecified atom stereocenters. The zero-order valence-electron chi connectivity index (χ0n) is 16.8. The monoisotopic (exact) mass is 384 g/mol. The summed E-state index contributed by atoms with van der Waals surface area (Å²) in [5, 5.41) is 3.00.